The average Bonchev–Trinajstić information content (AvgIpc) is 2.53. The Morgan fingerprint density at radius 3 is 2.32 bits per heavy atom. The summed E-state index contributed by atoms with van der Waals surface area (Å²) < 4.78 is 25.2. The van der Waals surface area contributed by atoms with Gasteiger partial charge in [0.15, 0.2) is 0 Å². The average molecular weight is 432 g/mol. The first-order valence-electron chi connectivity index (χ1n) is 6.88. The van der Waals surface area contributed by atoms with Crippen LogP contribution in [0.5, 0.6) is 0 Å². The van der Waals surface area contributed by atoms with Gasteiger partial charge in [-0.15, -0.1) is 0 Å². The standard InChI is InChI=1S/C17H9Cl3O3S2/c18-12-3-4-15-11(7-12)8-16(17(21)24-15)25(22,23)6-5-10-1-2-13(19)9-14(10)20/h1-9H/b6-5-. The summed E-state index contributed by atoms with van der Waals surface area (Å²) in [6.45, 7) is 0. The topological polar surface area (TPSA) is 51.2 Å². The fourth-order valence-corrected chi connectivity index (χ4v) is 5.00. The van der Waals surface area contributed by atoms with Crippen LogP contribution in [0.3, 0.4) is 0 Å². The monoisotopic (exact) mass is 430 g/mol. The molecular formula is C17H9Cl3O3S2. The lowest BCUT2D eigenvalue weighted by atomic mass is 10.2. The van der Waals surface area contributed by atoms with Gasteiger partial charge >= 0.3 is 0 Å². The van der Waals surface area contributed by atoms with Crippen LogP contribution in [0.4, 0.5) is 0 Å². The molecule has 3 aromatic rings. The summed E-state index contributed by atoms with van der Waals surface area (Å²) in [5.41, 5.74) is 0.481. The normalized spacial score (nSPS) is 12.1. The molecule has 8 heteroatoms. The van der Waals surface area contributed by atoms with E-state index in [2.05, 4.69) is 0 Å². The number of rotatable bonds is 3. The van der Waals surface area contributed by atoms with Gasteiger partial charge in [-0.1, -0.05) is 52.2 Å². The van der Waals surface area contributed by atoms with Crippen LogP contribution in [-0.4, -0.2) is 8.42 Å². The van der Waals surface area contributed by atoms with Crippen molar-refractivity contribution in [2.24, 2.45) is 0 Å². The molecule has 0 unspecified atom stereocenters. The molecule has 1 heterocycles. The van der Waals surface area contributed by atoms with Gasteiger partial charge < -0.3 is 0 Å². The smallest absolute Gasteiger partial charge is 0.251 e. The van der Waals surface area contributed by atoms with Crippen LogP contribution in [0.1, 0.15) is 5.56 Å². The van der Waals surface area contributed by atoms with E-state index in [9.17, 15) is 13.2 Å². The highest BCUT2D eigenvalue weighted by Crippen LogP contribution is 2.25. The fourth-order valence-electron chi connectivity index (χ4n) is 2.15. The zero-order valence-electron chi connectivity index (χ0n) is 12.4. The van der Waals surface area contributed by atoms with E-state index in [0.29, 0.717) is 30.7 Å². The summed E-state index contributed by atoms with van der Waals surface area (Å²) in [6, 6.07) is 11.0. The van der Waals surface area contributed by atoms with Crippen molar-refractivity contribution < 1.29 is 8.42 Å². The minimum atomic E-state index is -3.94. The SMILES string of the molecule is O=c1sc2ccc(Cl)cc2cc1S(=O)(=O)/C=C\c1ccc(Cl)cc1Cl. The van der Waals surface area contributed by atoms with Gasteiger partial charge in [0.05, 0.1) is 0 Å². The van der Waals surface area contributed by atoms with E-state index in [0.717, 1.165) is 16.7 Å². The van der Waals surface area contributed by atoms with Gasteiger partial charge in [-0.05, 0) is 53.4 Å². The highest BCUT2D eigenvalue weighted by Gasteiger charge is 2.17. The van der Waals surface area contributed by atoms with E-state index >= 15 is 0 Å². The molecule has 2 aromatic carbocycles. The molecule has 0 amide bonds. The van der Waals surface area contributed by atoms with E-state index in [1.54, 1.807) is 30.3 Å². The van der Waals surface area contributed by atoms with E-state index in [1.165, 1.54) is 18.2 Å². The summed E-state index contributed by atoms with van der Waals surface area (Å²) in [4.78, 5) is 11.9. The molecule has 25 heavy (non-hydrogen) atoms. The van der Waals surface area contributed by atoms with Crippen LogP contribution in [0.2, 0.25) is 15.1 Å². The van der Waals surface area contributed by atoms with Crippen molar-refractivity contribution in [3.63, 3.8) is 0 Å². The number of sulfone groups is 1. The summed E-state index contributed by atoms with van der Waals surface area (Å²) >= 11 is 18.6. The Kier molecular flexibility index (Phi) is 5.23. The molecule has 0 aliphatic rings. The Labute approximate surface area is 163 Å². The second kappa shape index (κ2) is 7.09. The lowest BCUT2D eigenvalue weighted by Crippen LogP contribution is -2.09. The van der Waals surface area contributed by atoms with Gasteiger partial charge in [0.25, 0.3) is 4.74 Å². The third-order valence-corrected chi connectivity index (χ3v) is 6.69. The van der Waals surface area contributed by atoms with Gasteiger partial charge in [0.1, 0.15) is 4.90 Å². The van der Waals surface area contributed by atoms with Crippen molar-refractivity contribution in [1.82, 2.24) is 0 Å². The quantitative estimate of drug-likeness (QED) is 0.537. The highest BCUT2D eigenvalue weighted by molar-refractivity contribution is 7.94. The molecule has 1 aromatic heterocycles. The third kappa shape index (κ3) is 4.07. The largest absolute Gasteiger partial charge is 0.276 e. The molecule has 3 nitrogen and oxygen atoms in total. The summed E-state index contributed by atoms with van der Waals surface area (Å²) in [7, 11) is -3.94. The first kappa shape index (κ1) is 18.4. The van der Waals surface area contributed by atoms with Crippen LogP contribution in [0.15, 0.2) is 57.6 Å². The predicted octanol–water partition coefficient (Wildman–Crippen LogP) is 5.67. The molecule has 0 atom stereocenters. The van der Waals surface area contributed by atoms with Crippen molar-refractivity contribution in [2.45, 2.75) is 4.90 Å². The maximum absolute atomic E-state index is 12.6. The number of benzene rings is 2. The molecule has 0 fully saturated rings. The van der Waals surface area contributed by atoms with Crippen LogP contribution in [0.25, 0.3) is 16.2 Å². The Morgan fingerprint density at radius 1 is 0.920 bits per heavy atom. The summed E-state index contributed by atoms with van der Waals surface area (Å²) in [5, 5.41) is 2.77. The molecule has 3 rings (SSSR count). The van der Waals surface area contributed by atoms with Gasteiger partial charge in [-0.25, -0.2) is 8.42 Å². The van der Waals surface area contributed by atoms with Crippen molar-refractivity contribution in [1.29, 1.82) is 0 Å². The third-order valence-electron chi connectivity index (χ3n) is 3.36. The van der Waals surface area contributed by atoms with E-state index in [1.807, 2.05) is 0 Å². The minimum absolute atomic E-state index is 0.298. The van der Waals surface area contributed by atoms with Gasteiger partial charge in [0.2, 0.25) is 9.84 Å². The fraction of sp³-hybridized carbons (Fsp3) is 0. The lowest BCUT2D eigenvalue weighted by Gasteiger charge is -2.02. The minimum Gasteiger partial charge on any atom is -0.276 e. The Morgan fingerprint density at radius 2 is 1.60 bits per heavy atom. The van der Waals surface area contributed by atoms with Crippen LogP contribution >= 0.6 is 46.1 Å². The van der Waals surface area contributed by atoms with Gasteiger partial charge in [-0.2, -0.15) is 0 Å². The summed E-state index contributed by atoms with van der Waals surface area (Å²) in [5.74, 6) is 0. The second-order valence-corrected chi connectivity index (χ2v) is 9.19. The van der Waals surface area contributed by atoms with Crippen molar-refractivity contribution >= 4 is 72.1 Å². The summed E-state index contributed by atoms with van der Waals surface area (Å²) in [6.07, 6.45) is 1.33. The van der Waals surface area contributed by atoms with Crippen LogP contribution in [0, 0.1) is 0 Å². The molecule has 128 valence electrons. The number of hydrogen-bond donors (Lipinski definition) is 0. The van der Waals surface area contributed by atoms with E-state index < -0.39 is 14.6 Å². The maximum atomic E-state index is 12.6. The predicted molar refractivity (Wildman–Crippen MR) is 106 cm³/mol. The molecule has 0 spiro atoms. The molecule has 0 N–H and O–H groups in total. The number of hydrogen-bond acceptors (Lipinski definition) is 4. The Hall–Kier alpha value is -1.37. The Balaban J connectivity index is 2.07. The molecule has 0 aliphatic heterocycles. The lowest BCUT2D eigenvalue weighted by molar-refractivity contribution is 0.604. The van der Waals surface area contributed by atoms with E-state index in [-0.39, 0.29) is 4.90 Å². The zero-order chi connectivity index (χ0) is 18.2. The number of fused-ring (bicyclic) bond motifs is 1. The number of halogens is 3. The maximum Gasteiger partial charge on any atom is 0.251 e. The second-order valence-electron chi connectivity index (χ2n) is 5.09. The van der Waals surface area contributed by atoms with Crippen LogP contribution < -0.4 is 4.74 Å². The van der Waals surface area contributed by atoms with Gasteiger partial charge in [-0.3, -0.25) is 4.79 Å². The highest BCUT2D eigenvalue weighted by atomic mass is 35.5. The molecule has 0 bridgehead atoms. The molecular weight excluding hydrogens is 423 g/mol. The van der Waals surface area contributed by atoms with Crippen LogP contribution in [-0.2, 0) is 9.84 Å². The van der Waals surface area contributed by atoms with Crippen molar-refractivity contribution in [3.8, 4) is 0 Å². The van der Waals surface area contributed by atoms with Crippen molar-refractivity contribution in [2.75, 3.05) is 0 Å². The molecule has 0 aliphatic carbocycles. The first-order valence-corrected chi connectivity index (χ1v) is 10.4. The zero-order valence-corrected chi connectivity index (χ0v) is 16.3. The van der Waals surface area contributed by atoms with Gasteiger partial charge in [0, 0.05) is 25.2 Å². The molecule has 0 radical (unpaired) electrons. The molecule has 0 saturated carbocycles. The Bertz CT molecular complexity index is 1170. The molecule has 0 saturated heterocycles. The van der Waals surface area contributed by atoms with E-state index in [4.69, 9.17) is 34.8 Å². The first-order chi connectivity index (χ1) is 11.8. The van der Waals surface area contributed by atoms with Crippen molar-refractivity contribution in [3.05, 3.63) is 78.0 Å².